The van der Waals surface area contributed by atoms with Crippen LogP contribution in [0.4, 0.5) is 24.5 Å². The number of halogens is 4. The standard InChI is InChI=1S/C26H22BrF3N2O5/c27-18-7-11-21(12-8-18)37-22-13-9-19(10-14-22)31-23(33)5-2-6-25(35)36-16-24(34)32-20-4-1-3-17(15-20)26(28,29)30/h1,3-4,7-15H,2,5-6,16H2,(H,31,33)(H,32,34). The number of amides is 2. The van der Waals surface area contributed by atoms with Crippen LogP contribution in [0.1, 0.15) is 24.8 Å². The zero-order chi connectivity index (χ0) is 26.8. The normalized spacial score (nSPS) is 10.9. The number of carbonyl (C=O) groups is 3. The molecule has 0 atom stereocenters. The van der Waals surface area contributed by atoms with E-state index in [1.165, 1.54) is 6.07 Å². The molecule has 7 nitrogen and oxygen atoms in total. The number of anilines is 2. The molecule has 37 heavy (non-hydrogen) atoms. The molecule has 0 bridgehead atoms. The van der Waals surface area contributed by atoms with Crippen molar-refractivity contribution in [2.24, 2.45) is 0 Å². The van der Waals surface area contributed by atoms with Crippen molar-refractivity contribution < 1.29 is 37.0 Å². The molecule has 0 heterocycles. The van der Waals surface area contributed by atoms with Crippen LogP contribution in [-0.4, -0.2) is 24.4 Å². The van der Waals surface area contributed by atoms with Crippen molar-refractivity contribution >= 4 is 45.1 Å². The molecule has 0 unspecified atom stereocenters. The average molecular weight is 579 g/mol. The first-order valence-corrected chi connectivity index (χ1v) is 11.8. The number of hydrogen-bond donors (Lipinski definition) is 2. The fourth-order valence-electron chi connectivity index (χ4n) is 3.05. The number of carbonyl (C=O) groups excluding carboxylic acids is 3. The number of alkyl halides is 3. The first-order chi connectivity index (χ1) is 17.6. The molecule has 2 amide bonds. The van der Waals surface area contributed by atoms with E-state index in [-0.39, 0.29) is 30.9 Å². The van der Waals surface area contributed by atoms with Crippen molar-refractivity contribution in [1.82, 2.24) is 0 Å². The lowest BCUT2D eigenvalue weighted by molar-refractivity contribution is -0.147. The van der Waals surface area contributed by atoms with Crippen LogP contribution in [0.5, 0.6) is 11.5 Å². The molecule has 3 aromatic carbocycles. The van der Waals surface area contributed by atoms with Gasteiger partial charge in [-0.1, -0.05) is 22.0 Å². The number of ether oxygens (including phenoxy) is 2. The van der Waals surface area contributed by atoms with E-state index in [0.29, 0.717) is 17.2 Å². The highest BCUT2D eigenvalue weighted by Gasteiger charge is 2.30. The van der Waals surface area contributed by atoms with E-state index in [9.17, 15) is 27.6 Å². The molecular formula is C26H22BrF3N2O5. The van der Waals surface area contributed by atoms with Crippen LogP contribution >= 0.6 is 15.9 Å². The predicted molar refractivity (Wildman–Crippen MR) is 134 cm³/mol. The first-order valence-electron chi connectivity index (χ1n) is 11.0. The molecule has 0 fully saturated rings. The van der Waals surface area contributed by atoms with Crippen LogP contribution in [0.2, 0.25) is 0 Å². The molecule has 0 radical (unpaired) electrons. The lowest BCUT2D eigenvalue weighted by Crippen LogP contribution is -2.21. The van der Waals surface area contributed by atoms with E-state index in [1.807, 2.05) is 24.3 Å². The van der Waals surface area contributed by atoms with Crippen molar-refractivity contribution in [3.05, 3.63) is 82.8 Å². The van der Waals surface area contributed by atoms with Gasteiger partial charge < -0.3 is 20.1 Å². The lowest BCUT2D eigenvalue weighted by atomic mass is 10.2. The number of rotatable bonds is 10. The molecule has 3 rings (SSSR count). The van der Waals surface area contributed by atoms with Gasteiger partial charge in [-0.25, -0.2) is 0 Å². The van der Waals surface area contributed by atoms with Crippen LogP contribution in [0.15, 0.2) is 77.3 Å². The minimum Gasteiger partial charge on any atom is -0.457 e. The van der Waals surface area contributed by atoms with Crippen molar-refractivity contribution in [3.63, 3.8) is 0 Å². The summed E-state index contributed by atoms with van der Waals surface area (Å²) in [6.45, 7) is -0.657. The summed E-state index contributed by atoms with van der Waals surface area (Å²) in [6.07, 6.45) is -4.42. The van der Waals surface area contributed by atoms with Gasteiger partial charge >= 0.3 is 12.1 Å². The summed E-state index contributed by atoms with van der Waals surface area (Å²) in [5, 5.41) is 4.95. The molecule has 0 aliphatic heterocycles. The third-order valence-corrected chi connectivity index (χ3v) is 5.34. The summed E-state index contributed by atoms with van der Waals surface area (Å²) in [6, 6.07) is 18.2. The van der Waals surface area contributed by atoms with E-state index in [4.69, 9.17) is 9.47 Å². The topological polar surface area (TPSA) is 93.7 Å². The Balaban J connectivity index is 1.33. The average Bonchev–Trinajstić information content (AvgIpc) is 2.85. The van der Waals surface area contributed by atoms with Crippen LogP contribution < -0.4 is 15.4 Å². The quantitative estimate of drug-likeness (QED) is 0.266. The Hall–Kier alpha value is -3.86. The molecule has 0 aromatic heterocycles. The molecule has 11 heteroatoms. The summed E-state index contributed by atoms with van der Waals surface area (Å²) in [5.74, 6) is -0.531. The fraction of sp³-hybridized carbons (Fsp3) is 0.192. The summed E-state index contributed by atoms with van der Waals surface area (Å²) in [7, 11) is 0. The second-order valence-corrected chi connectivity index (χ2v) is 8.69. The van der Waals surface area contributed by atoms with Crippen LogP contribution in [0.3, 0.4) is 0 Å². The summed E-state index contributed by atoms with van der Waals surface area (Å²) >= 11 is 3.35. The minimum atomic E-state index is -4.54. The number of esters is 1. The van der Waals surface area contributed by atoms with Crippen molar-refractivity contribution in [2.45, 2.75) is 25.4 Å². The number of hydrogen-bond acceptors (Lipinski definition) is 5. The Bertz CT molecular complexity index is 1230. The Morgan fingerprint density at radius 2 is 1.41 bits per heavy atom. The molecule has 0 aliphatic carbocycles. The van der Waals surface area contributed by atoms with Gasteiger partial charge in [-0.3, -0.25) is 14.4 Å². The van der Waals surface area contributed by atoms with Crippen LogP contribution in [0.25, 0.3) is 0 Å². The summed E-state index contributed by atoms with van der Waals surface area (Å²) < 4.78 is 49.7. The SMILES string of the molecule is O=C(CCCC(=O)OCC(=O)Nc1cccc(C(F)(F)F)c1)Nc1ccc(Oc2ccc(Br)cc2)cc1. The highest BCUT2D eigenvalue weighted by atomic mass is 79.9. The van der Waals surface area contributed by atoms with Gasteiger partial charge in [0.15, 0.2) is 6.61 Å². The Labute approximate surface area is 219 Å². The van der Waals surface area contributed by atoms with Gasteiger partial charge in [-0.2, -0.15) is 13.2 Å². The van der Waals surface area contributed by atoms with Crippen LogP contribution in [-0.2, 0) is 25.3 Å². The maximum Gasteiger partial charge on any atom is 0.416 e. The maximum atomic E-state index is 12.7. The lowest BCUT2D eigenvalue weighted by Gasteiger charge is -2.10. The smallest absolute Gasteiger partial charge is 0.416 e. The minimum absolute atomic E-state index is 0.0443. The predicted octanol–water partition coefficient (Wildman–Crippen LogP) is 6.55. The molecule has 0 spiro atoms. The highest BCUT2D eigenvalue weighted by Crippen LogP contribution is 2.30. The molecular weight excluding hydrogens is 557 g/mol. The molecule has 2 N–H and O–H groups in total. The van der Waals surface area contributed by atoms with Gasteiger partial charge in [0.05, 0.1) is 5.56 Å². The van der Waals surface area contributed by atoms with E-state index in [1.54, 1.807) is 24.3 Å². The maximum absolute atomic E-state index is 12.7. The second kappa shape index (κ2) is 12.9. The first kappa shape index (κ1) is 27.7. The van der Waals surface area contributed by atoms with E-state index < -0.39 is 30.2 Å². The van der Waals surface area contributed by atoms with E-state index >= 15 is 0 Å². The van der Waals surface area contributed by atoms with E-state index in [2.05, 4.69) is 26.6 Å². The van der Waals surface area contributed by atoms with Gasteiger partial charge in [0.2, 0.25) is 5.91 Å². The zero-order valence-corrected chi connectivity index (χ0v) is 20.9. The largest absolute Gasteiger partial charge is 0.457 e. The van der Waals surface area contributed by atoms with Crippen molar-refractivity contribution in [3.8, 4) is 11.5 Å². The summed E-state index contributed by atoms with van der Waals surface area (Å²) in [4.78, 5) is 35.8. The van der Waals surface area contributed by atoms with Crippen molar-refractivity contribution in [2.75, 3.05) is 17.2 Å². The Morgan fingerprint density at radius 3 is 2.05 bits per heavy atom. The van der Waals surface area contributed by atoms with Crippen LogP contribution in [0, 0.1) is 0 Å². The number of nitrogens with one attached hydrogen (secondary N) is 2. The fourth-order valence-corrected chi connectivity index (χ4v) is 3.31. The molecule has 0 aliphatic rings. The molecule has 194 valence electrons. The van der Waals surface area contributed by atoms with Crippen molar-refractivity contribution in [1.29, 1.82) is 0 Å². The molecule has 3 aromatic rings. The summed E-state index contributed by atoms with van der Waals surface area (Å²) in [5.41, 5.74) is -0.423. The zero-order valence-electron chi connectivity index (χ0n) is 19.3. The molecule has 0 saturated heterocycles. The monoisotopic (exact) mass is 578 g/mol. The Morgan fingerprint density at radius 1 is 0.784 bits per heavy atom. The molecule has 0 saturated carbocycles. The third-order valence-electron chi connectivity index (χ3n) is 4.81. The van der Waals surface area contributed by atoms with Gasteiger partial charge in [0.25, 0.3) is 5.91 Å². The highest BCUT2D eigenvalue weighted by molar-refractivity contribution is 9.10. The van der Waals surface area contributed by atoms with Gasteiger partial charge in [0.1, 0.15) is 11.5 Å². The Kier molecular flexibility index (Phi) is 9.67. The van der Waals surface area contributed by atoms with Gasteiger partial charge in [-0.05, 0) is 73.2 Å². The number of benzene rings is 3. The van der Waals surface area contributed by atoms with Gasteiger partial charge in [-0.15, -0.1) is 0 Å². The van der Waals surface area contributed by atoms with Gasteiger partial charge in [0, 0.05) is 28.7 Å². The third kappa shape index (κ3) is 9.60. The van der Waals surface area contributed by atoms with E-state index in [0.717, 1.165) is 22.7 Å². The second-order valence-electron chi connectivity index (χ2n) is 7.77.